The molecule has 0 radical (unpaired) electrons. The van der Waals surface area contributed by atoms with Gasteiger partial charge in [0.1, 0.15) is 6.61 Å². The Morgan fingerprint density at radius 3 is 2.44 bits per heavy atom. The Hall–Kier alpha value is -1.12. The summed E-state index contributed by atoms with van der Waals surface area (Å²) in [5, 5.41) is 0. The molecule has 0 N–H and O–H groups in total. The first-order valence-corrected chi connectivity index (χ1v) is 6.55. The Kier molecular flexibility index (Phi) is 2.91. The van der Waals surface area contributed by atoms with Crippen molar-refractivity contribution in [2.24, 2.45) is 22.7 Å². The maximum atomic E-state index is 11.9. The molecular formula is C15H22O3. The summed E-state index contributed by atoms with van der Waals surface area (Å²) < 4.78 is 5.32. The van der Waals surface area contributed by atoms with E-state index in [1.165, 1.54) is 0 Å². The lowest BCUT2D eigenvalue weighted by Crippen LogP contribution is -2.53. The molecule has 3 heteroatoms. The standard InChI is InChI=1S/C15H22O3/c1-14(2,3)13(17)18-8-9-6-12(16)11-7-10(9)15(11,4)5/h6,10-11H,7-8H2,1-5H3. The number of esters is 1. The van der Waals surface area contributed by atoms with E-state index in [2.05, 4.69) is 13.8 Å². The Bertz CT molecular complexity index is 424. The van der Waals surface area contributed by atoms with Crippen molar-refractivity contribution in [1.82, 2.24) is 0 Å². The molecule has 1 fully saturated rings. The second-order valence-corrected chi connectivity index (χ2v) is 7.11. The van der Waals surface area contributed by atoms with Gasteiger partial charge in [-0.15, -0.1) is 0 Å². The third kappa shape index (κ3) is 2.00. The first-order chi connectivity index (χ1) is 8.14. The van der Waals surface area contributed by atoms with Crippen LogP contribution in [0.3, 0.4) is 0 Å². The van der Waals surface area contributed by atoms with Crippen molar-refractivity contribution >= 4 is 11.8 Å². The number of rotatable bonds is 2. The molecule has 2 unspecified atom stereocenters. The lowest BCUT2D eigenvalue weighted by Gasteiger charge is -2.55. The van der Waals surface area contributed by atoms with Gasteiger partial charge in [0.15, 0.2) is 5.78 Å². The Balaban J connectivity index is 2.03. The summed E-state index contributed by atoms with van der Waals surface area (Å²) in [6, 6.07) is 0. The normalized spacial score (nSPS) is 29.4. The Morgan fingerprint density at radius 2 is 2.00 bits per heavy atom. The van der Waals surface area contributed by atoms with Gasteiger partial charge in [0, 0.05) is 5.92 Å². The molecule has 18 heavy (non-hydrogen) atoms. The molecular weight excluding hydrogens is 228 g/mol. The summed E-state index contributed by atoms with van der Waals surface area (Å²) in [6.07, 6.45) is 2.62. The van der Waals surface area contributed by atoms with Gasteiger partial charge in [-0.1, -0.05) is 13.8 Å². The average molecular weight is 250 g/mol. The van der Waals surface area contributed by atoms with Crippen molar-refractivity contribution in [2.45, 2.75) is 41.0 Å². The quantitative estimate of drug-likeness (QED) is 0.708. The number of ketones is 1. The number of carbonyl (C=O) groups excluding carboxylic acids is 2. The fraction of sp³-hybridized carbons (Fsp3) is 0.733. The molecule has 3 nitrogen and oxygen atoms in total. The van der Waals surface area contributed by atoms with Crippen LogP contribution < -0.4 is 0 Å². The minimum absolute atomic E-state index is 0.0370. The zero-order chi connectivity index (χ0) is 13.7. The summed E-state index contributed by atoms with van der Waals surface area (Å²) in [4.78, 5) is 23.6. The molecule has 0 saturated heterocycles. The summed E-state index contributed by atoms with van der Waals surface area (Å²) in [6.45, 7) is 10.0. The zero-order valence-corrected chi connectivity index (χ0v) is 11.9. The third-order valence-corrected chi connectivity index (χ3v) is 4.37. The van der Waals surface area contributed by atoms with Crippen molar-refractivity contribution in [2.75, 3.05) is 6.61 Å². The van der Waals surface area contributed by atoms with Crippen LogP contribution in [0.4, 0.5) is 0 Å². The summed E-state index contributed by atoms with van der Waals surface area (Å²) in [5.74, 6) is 0.553. The predicted molar refractivity (Wildman–Crippen MR) is 68.9 cm³/mol. The van der Waals surface area contributed by atoms with E-state index in [-0.39, 0.29) is 29.7 Å². The van der Waals surface area contributed by atoms with Gasteiger partial charge >= 0.3 is 5.97 Å². The first-order valence-electron chi connectivity index (χ1n) is 6.55. The number of ether oxygens (including phenoxy) is 1. The van der Waals surface area contributed by atoms with E-state index in [0.717, 1.165) is 12.0 Å². The van der Waals surface area contributed by atoms with Crippen molar-refractivity contribution < 1.29 is 14.3 Å². The molecule has 100 valence electrons. The number of hydrogen-bond donors (Lipinski definition) is 0. The van der Waals surface area contributed by atoms with Crippen LogP contribution in [0.15, 0.2) is 11.6 Å². The van der Waals surface area contributed by atoms with E-state index in [9.17, 15) is 9.59 Å². The highest BCUT2D eigenvalue weighted by atomic mass is 16.5. The molecule has 0 aromatic carbocycles. The van der Waals surface area contributed by atoms with E-state index in [1.807, 2.05) is 20.8 Å². The Labute approximate surface area is 109 Å². The number of carbonyl (C=O) groups is 2. The van der Waals surface area contributed by atoms with Gasteiger partial charge in [-0.25, -0.2) is 0 Å². The number of hydrogen-bond acceptors (Lipinski definition) is 3. The van der Waals surface area contributed by atoms with Crippen LogP contribution in [-0.4, -0.2) is 18.4 Å². The largest absolute Gasteiger partial charge is 0.461 e. The smallest absolute Gasteiger partial charge is 0.311 e. The first kappa shape index (κ1) is 13.3. The lowest BCUT2D eigenvalue weighted by atomic mass is 9.48. The molecule has 2 bridgehead atoms. The molecule has 3 rings (SSSR count). The maximum absolute atomic E-state index is 11.9. The van der Waals surface area contributed by atoms with Crippen molar-refractivity contribution in [3.05, 3.63) is 11.6 Å². The van der Waals surface area contributed by atoms with Gasteiger partial charge in [0.05, 0.1) is 5.41 Å². The topological polar surface area (TPSA) is 43.4 Å². The van der Waals surface area contributed by atoms with Crippen LogP contribution in [0, 0.1) is 22.7 Å². The second kappa shape index (κ2) is 3.94. The third-order valence-electron chi connectivity index (χ3n) is 4.37. The minimum atomic E-state index is -0.489. The van der Waals surface area contributed by atoms with Gasteiger partial charge in [0.25, 0.3) is 0 Å². The number of fused-ring (bicyclic) bond motifs is 1. The molecule has 0 spiro atoms. The summed E-state index contributed by atoms with van der Waals surface area (Å²) in [7, 11) is 0. The molecule has 3 aliphatic rings. The van der Waals surface area contributed by atoms with Crippen molar-refractivity contribution in [3.8, 4) is 0 Å². The highest BCUT2D eigenvalue weighted by Gasteiger charge is 2.55. The van der Waals surface area contributed by atoms with Gasteiger partial charge in [-0.3, -0.25) is 9.59 Å². The van der Waals surface area contributed by atoms with E-state index < -0.39 is 5.41 Å². The average Bonchev–Trinajstić information content (AvgIpc) is 2.23. The van der Waals surface area contributed by atoms with Crippen LogP contribution in [0.25, 0.3) is 0 Å². The summed E-state index contributed by atoms with van der Waals surface area (Å²) >= 11 is 0. The second-order valence-electron chi connectivity index (χ2n) is 7.11. The van der Waals surface area contributed by atoms with E-state index in [0.29, 0.717) is 5.92 Å². The molecule has 0 amide bonds. The molecule has 2 atom stereocenters. The van der Waals surface area contributed by atoms with Gasteiger partial charge in [-0.2, -0.15) is 0 Å². The molecule has 0 aliphatic heterocycles. The Morgan fingerprint density at radius 1 is 1.39 bits per heavy atom. The van der Waals surface area contributed by atoms with Crippen LogP contribution in [0.5, 0.6) is 0 Å². The van der Waals surface area contributed by atoms with Crippen LogP contribution in [-0.2, 0) is 14.3 Å². The minimum Gasteiger partial charge on any atom is -0.461 e. The maximum Gasteiger partial charge on any atom is 0.311 e. The van der Waals surface area contributed by atoms with E-state index in [4.69, 9.17) is 4.74 Å². The van der Waals surface area contributed by atoms with Crippen molar-refractivity contribution in [3.63, 3.8) is 0 Å². The fourth-order valence-corrected chi connectivity index (χ4v) is 2.93. The van der Waals surface area contributed by atoms with Crippen LogP contribution in [0.2, 0.25) is 0 Å². The number of allylic oxidation sites excluding steroid dienone is 1. The van der Waals surface area contributed by atoms with Gasteiger partial charge in [-0.05, 0) is 50.2 Å². The zero-order valence-electron chi connectivity index (χ0n) is 11.9. The molecule has 0 aromatic rings. The summed E-state index contributed by atoms with van der Waals surface area (Å²) in [5.41, 5.74) is 0.539. The lowest BCUT2D eigenvalue weighted by molar-refractivity contribution is -0.153. The molecule has 0 aromatic heterocycles. The highest BCUT2D eigenvalue weighted by molar-refractivity contribution is 5.96. The van der Waals surface area contributed by atoms with Gasteiger partial charge in [0.2, 0.25) is 0 Å². The van der Waals surface area contributed by atoms with Crippen LogP contribution in [0.1, 0.15) is 41.0 Å². The van der Waals surface area contributed by atoms with Gasteiger partial charge < -0.3 is 4.74 Å². The molecule has 0 heterocycles. The molecule has 1 saturated carbocycles. The SMILES string of the molecule is CC(C)(C)C(=O)OCC1=CC(=O)C2CC1C2(C)C. The fourth-order valence-electron chi connectivity index (χ4n) is 2.93. The molecule has 3 aliphatic carbocycles. The highest BCUT2D eigenvalue weighted by Crippen LogP contribution is 2.57. The van der Waals surface area contributed by atoms with E-state index >= 15 is 0 Å². The van der Waals surface area contributed by atoms with Crippen LogP contribution >= 0.6 is 0 Å². The monoisotopic (exact) mass is 250 g/mol. The van der Waals surface area contributed by atoms with E-state index in [1.54, 1.807) is 6.08 Å². The van der Waals surface area contributed by atoms with Crippen molar-refractivity contribution in [1.29, 1.82) is 0 Å². The predicted octanol–water partition coefficient (Wildman–Crippen LogP) is 2.75.